The third-order valence-corrected chi connectivity index (χ3v) is 3.62. The second kappa shape index (κ2) is 6.62. The molecule has 1 aromatic heterocycles. The molecule has 0 aliphatic heterocycles. The number of anilines is 1. The van der Waals surface area contributed by atoms with Gasteiger partial charge in [0.05, 0.1) is 12.5 Å². The van der Waals surface area contributed by atoms with Gasteiger partial charge in [0.2, 0.25) is 5.91 Å². The molecule has 0 saturated carbocycles. The minimum absolute atomic E-state index is 0.0118. The van der Waals surface area contributed by atoms with Crippen LogP contribution in [0.4, 0.5) is 23.2 Å². The van der Waals surface area contributed by atoms with Crippen LogP contribution in [0.1, 0.15) is 23.9 Å². The number of aryl methyl sites for hydroxylation is 2. The van der Waals surface area contributed by atoms with E-state index in [1.54, 1.807) is 13.8 Å². The minimum atomic E-state index is -4.53. The number of hydrogen-bond donors (Lipinski definition) is 1. The molecule has 0 aliphatic rings. The highest BCUT2D eigenvalue weighted by Crippen LogP contribution is 2.28. The number of nitrogens with one attached hydrogen (secondary N) is 1. The smallest absolute Gasteiger partial charge is 0.325 e. The Balaban J connectivity index is 2.09. The van der Waals surface area contributed by atoms with Crippen molar-refractivity contribution in [1.82, 2.24) is 9.78 Å². The van der Waals surface area contributed by atoms with Crippen LogP contribution < -0.4 is 5.32 Å². The second-order valence-corrected chi connectivity index (χ2v) is 5.70. The van der Waals surface area contributed by atoms with E-state index >= 15 is 0 Å². The van der Waals surface area contributed by atoms with E-state index in [-0.39, 0.29) is 6.54 Å². The summed E-state index contributed by atoms with van der Waals surface area (Å²) in [6.07, 6.45) is -4.53. The zero-order valence-corrected chi connectivity index (χ0v) is 13.4. The minimum Gasteiger partial charge on any atom is -0.325 e. The highest BCUT2D eigenvalue weighted by Gasteiger charge is 2.34. The number of halogens is 4. The van der Waals surface area contributed by atoms with Crippen LogP contribution in [0.15, 0.2) is 24.3 Å². The quantitative estimate of drug-likeness (QED) is 0.855. The summed E-state index contributed by atoms with van der Waals surface area (Å²) >= 11 is 0. The van der Waals surface area contributed by atoms with Crippen molar-refractivity contribution in [3.8, 4) is 0 Å². The molecule has 0 radical (unpaired) electrons. The van der Waals surface area contributed by atoms with E-state index in [1.165, 1.54) is 25.1 Å². The summed E-state index contributed by atoms with van der Waals surface area (Å²) in [5, 5.41) is 6.08. The lowest BCUT2D eigenvalue weighted by atomic mass is 10.1. The Bertz CT molecular complexity index is 752. The molecule has 0 spiro atoms. The van der Waals surface area contributed by atoms with Crippen LogP contribution in [0.5, 0.6) is 0 Å². The molecule has 1 amide bonds. The molecular weight excluding hydrogens is 326 g/mol. The molecule has 0 aliphatic carbocycles. The Hall–Kier alpha value is -2.38. The fraction of sp³-hybridized carbons (Fsp3) is 0.375. The van der Waals surface area contributed by atoms with Crippen LogP contribution in [0.25, 0.3) is 0 Å². The number of benzene rings is 1. The first-order chi connectivity index (χ1) is 11.1. The zero-order valence-electron chi connectivity index (χ0n) is 13.4. The first-order valence-corrected chi connectivity index (χ1v) is 7.26. The van der Waals surface area contributed by atoms with Crippen molar-refractivity contribution in [2.24, 2.45) is 5.92 Å². The fourth-order valence-corrected chi connectivity index (χ4v) is 2.16. The highest BCUT2D eigenvalue weighted by atomic mass is 19.4. The lowest BCUT2D eigenvalue weighted by Gasteiger charge is -2.15. The van der Waals surface area contributed by atoms with Crippen molar-refractivity contribution >= 4 is 11.6 Å². The third kappa shape index (κ3) is 4.12. The summed E-state index contributed by atoms with van der Waals surface area (Å²) < 4.78 is 52.4. The SMILES string of the molecule is Cc1ccc(F)cc1NC(=O)C(C)Cn1nc(C(F)(F)F)cc1C. The predicted molar refractivity (Wildman–Crippen MR) is 80.9 cm³/mol. The predicted octanol–water partition coefficient (Wildman–Crippen LogP) is 3.93. The molecule has 130 valence electrons. The largest absolute Gasteiger partial charge is 0.435 e. The van der Waals surface area contributed by atoms with E-state index in [1.807, 2.05) is 0 Å². The first-order valence-electron chi connectivity index (χ1n) is 7.26. The van der Waals surface area contributed by atoms with Crippen LogP contribution in [0.3, 0.4) is 0 Å². The van der Waals surface area contributed by atoms with Gasteiger partial charge in [-0.3, -0.25) is 9.48 Å². The Labute approximate surface area is 136 Å². The molecule has 1 unspecified atom stereocenters. The van der Waals surface area contributed by atoms with E-state index < -0.39 is 29.5 Å². The van der Waals surface area contributed by atoms with Gasteiger partial charge >= 0.3 is 6.18 Å². The Morgan fingerprint density at radius 1 is 1.29 bits per heavy atom. The molecule has 1 heterocycles. The van der Waals surface area contributed by atoms with Crippen molar-refractivity contribution in [2.75, 3.05) is 5.32 Å². The molecule has 1 N–H and O–H groups in total. The van der Waals surface area contributed by atoms with Gasteiger partial charge < -0.3 is 5.32 Å². The van der Waals surface area contributed by atoms with Crippen molar-refractivity contribution in [3.05, 3.63) is 47.0 Å². The maximum Gasteiger partial charge on any atom is 0.435 e. The normalized spacial score (nSPS) is 13.0. The van der Waals surface area contributed by atoms with Crippen LogP contribution in [0, 0.1) is 25.6 Å². The van der Waals surface area contributed by atoms with Gasteiger partial charge in [0.1, 0.15) is 5.82 Å². The van der Waals surface area contributed by atoms with E-state index in [0.717, 1.165) is 10.7 Å². The van der Waals surface area contributed by atoms with E-state index in [4.69, 9.17) is 0 Å². The van der Waals surface area contributed by atoms with Crippen LogP contribution in [-0.4, -0.2) is 15.7 Å². The average molecular weight is 343 g/mol. The number of amides is 1. The van der Waals surface area contributed by atoms with Crippen LogP contribution >= 0.6 is 0 Å². The van der Waals surface area contributed by atoms with E-state index in [9.17, 15) is 22.4 Å². The van der Waals surface area contributed by atoms with Gasteiger partial charge in [-0.25, -0.2) is 4.39 Å². The van der Waals surface area contributed by atoms with Crippen molar-refractivity contribution < 1.29 is 22.4 Å². The zero-order chi connectivity index (χ0) is 18.1. The van der Waals surface area contributed by atoms with Gasteiger partial charge in [0, 0.05) is 11.4 Å². The Morgan fingerprint density at radius 2 is 1.96 bits per heavy atom. The summed E-state index contributed by atoms with van der Waals surface area (Å²) in [5.74, 6) is -1.55. The number of carbonyl (C=O) groups is 1. The second-order valence-electron chi connectivity index (χ2n) is 5.70. The number of aromatic nitrogens is 2. The number of hydrogen-bond acceptors (Lipinski definition) is 2. The lowest BCUT2D eigenvalue weighted by molar-refractivity contribution is -0.141. The summed E-state index contributed by atoms with van der Waals surface area (Å²) in [6, 6.07) is 4.94. The number of rotatable bonds is 4. The van der Waals surface area contributed by atoms with Gasteiger partial charge in [-0.15, -0.1) is 0 Å². The van der Waals surface area contributed by atoms with Crippen LogP contribution in [0.2, 0.25) is 0 Å². The van der Waals surface area contributed by atoms with Gasteiger partial charge in [-0.2, -0.15) is 18.3 Å². The lowest BCUT2D eigenvalue weighted by Crippen LogP contribution is -2.25. The van der Waals surface area contributed by atoms with Gasteiger partial charge in [-0.1, -0.05) is 13.0 Å². The molecule has 1 aromatic carbocycles. The monoisotopic (exact) mass is 343 g/mol. The molecule has 24 heavy (non-hydrogen) atoms. The molecular formula is C16H17F4N3O. The molecule has 2 aromatic rings. The summed E-state index contributed by atoms with van der Waals surface area (Å²) in [4.78, 5) is 12.2. The maximum atomic E-state index is 13.2. The van der Waals surface area contributed by atoms with Crippen LogP contribution in [-0.2, 0) is 17.5 Å². The summed E-state index contributed by atoms with van der Waals surface area (Å²) in [6.45, 7) is 4.76. The molecule has 1 atom stereocenters. The Morgan fingerprint density at radius 3 is 2.54 bits per heavy atom. The maximum absolute atomic E-state index is 13.2. The molecule has 2 rings (SSSR count). The van der Waals surface area contributed by atoms with Crippen molar-refractivity contribution in [3.63, 3.8) is 0 Å². The average Bonchev–Trinajstić information content (AvgIpc) is 2.84. The number of nitrogens with zero attached hydrogens (tertiary/aromatic N) is 2. The highest BCUT2D eigenvalue weighted by molar-refractivity contribution is 5.92. The third-order valence-electron chi connectivity index (χ3n) is 3.62. The number of carbonyl (C=O) groups excluding carboxylic acids is 1. The Kier molecular flexibility index (Phi) is 4.96. The van der Waals surface area contributed by atoms with Gasteiger partial charge in [-0.05, 0) is 37.6 Å². The van der Waals surface area contributed by atoms with E-state index in [0.29, 0.717) is 16.9 Å². The summed E-state index contributed by atoms with van der Waals surface area (Å²) in [7, 11) is 0. The fourth-order valence-electron chi connectivity index (χ4n) is 2.16. The first kappa shape index (κ1) is 18.0. The topological polar surface area (TPSA) is 46.9 Å². The number of alkyl halides is 3. The van der Waals surface area contributed by atoms with Gasteiger partial charge in [0.15, 0.2) is 5.69 Å². The molecule has 8 heteroatoms. The van der Waals surface area contributed by atoms with Crippen molar-refractivity contribution in [1.29, 1.82) is 0 Å². The molecule has 0 fully saturated rings. The molecule has 0 saturated heterocycles. The standard InChI is InChI=1S/C16H17F4N3O/c1-9-4-5-12(17)7-13(9)21-15(24)10(2)8-23-11(3)6-14(22-23)16(18,19)20/h4-7,10H,8H2,1-3H3,(H,21,24). The van der Waals surface area contributed by atoms with Crippen molar-refractivity contribution in [2.45, 2.75) is 33.5 Å². The van der Waals surface area contributed by atoms with E-state index in [2.05, 4.69) is 10.4 Å². The summed E-state index contributed by atoms with van der Waals surface area (Å²) in [5.41, 5.74) is 0.337. The van der Waals surface area contributed by atoms with Gasteiger partial charge in [0.25, 0.3) is 0 Å². The molecule has 0 bridgehead atoms. The molecule has 4 nitrogen and oxygen atoms in total.